The molecule has 0 saturated carbocycles. The molecule has 0 unspecified atom stereocenters. The van der Waals surface area contributed by atoms with E-state index in [1.54, 1.807) is 0 Å². The van der Waals surface area contributed by atoms with Gasteiger partial charge in [-0.2, -0.15) is 0 Å². The van der Waals surface area contributed by atoms with E-state index in [0.717, 1.165) is 22.0 Å². The van der Waals surface area contributed by atoms with Crippen LogP contribution < -0.4 is 5.32 Å². The zero-order valence-electron chi connectivity index (χ0n) is 8.96. The summed E-state index contributed by atoms with van der Waals surface area (Å²) in [5, 5.41) is 4.98. The van der Waals surface area contributed by atoms with Crippen molar-refractivity contribution in [1.82, 2.24) is 0 Å². The van der Waals surface area contributed by atoms with E-state index in [1.165, 1.54) is 0 Å². The number of halogens is 1. The van der Waals surface area contributed by atoms with Gasteiger partial charge in [0.2, 0.25) is 5.91 Å². The van der Waals surface area contributed by atoms with Gasteiger partial charge in [0.05, 0.1) is 5.69 Å². The van der Waals surface area contributed by atoms with Crippen molar-refractivity contribution >= 4 is 34.0 Å². The minimum absolute atomic E-state index is 0.0251. The van der Waals surface area contributed by atoms with Gasteiger partial charge in [0.1, 0.15) is 5.88 Å². The van der Waals surface area contributed by atoms with Crippen molar-refractivity contribution in [2.24, 2.45) is 0 Å². The van der Waals surface area contributed by atoms with Crippen LogP contribution >= 0.6 is 11.6 Å². The van der Waals surface area contributed by atoms with E-state index in [-0.39, 0.29) is 11.8 Å². The van der Waals surface area contributed by atoms with Crippen LogP contribution in [0.2, 0.25) is 0 Å². The highest BCUT2D eigenvalue weighted by Gasteiger charge is 2.07. The zero-order chi connectivity index (χ0) is 11.5. The molecule has 0 aromatic heterocycles. The summed E-state index contributed by atoms with van der Waals surface area (Å²) in [7, 11) is 0. The Kier molecular flexibility index (Phi) is 3.11. The smallest absolute Gasteiger partial charge is 0.239 e. The van der Waals surface area contributed by atoms with Crippen molar-refractivity contribution in [2.75, 3.05) is 11.2 Å². The lowest BCUT2D eigenvalue weighted by Crippen LogP contribution is -2.13. The van der Waals surface area contributed by atoms with Crippen LogP contribution in [0.3, 0.4) is 0 Å². The molecule has 0 bridgehead atoms. The summed E-state index contributed by atoms with van der Waals surface area (Å²) >= 11 is 5.49. The largest absolute Gasteiger partial charge is 0.324 e. The Labute approximate surface area is 99.2 Å². The van der Waals surface area contributed by atoms with Crippen LogP contribution in [0.4, 0.5) is 5.69 Å². The van der Waals surface area contributed by atoms with Crippen LogP contribution in [0.1, 0.15) is 5.56 Å². The quantitative estimate of drug-likeness (QED) is 0.793. The fourth-order valence-corrected chi connectivity index (χ4v) is 1.79. The van der Waals surface area contributed by atoms with Gasteiger partial charge in [-0.05, 0) is 17.9 Å². The summed E-state index contributed by atoms with van der Waals surface area (Å²) < 4.78 is 0. The van der Waals surface area contributed by atoms with Gasteiger partial charge in [0, 0.05) is 5.39 Å². The van der Waals surface area contributed by atoms with Gasteiger partial charge in [-0.3, -0.25) is 4.79 Å². The Bertz CT molecular complexity index is 536. The van der Waals surface area contributed by atoms with Crippen molar-refractivity contribution in [3.05, 3.63) is 42.0 Å². The molecule has 2 aromatic carbocycles. The Morgan fingerprint density at radius 3 is 2.75 bits per heavy atom. The van der Waals surface area contributed by atoms with E-state index < -0.39 is 0 Å². The summed E-state index contributed by atoms with van der Waals surface area (Å²) in [5.74, 6) is -0.205. The second-order valence-corrected chi connectivity index (χ2v) is 3.93. The highest BCUT2D eigenvalue weighted by Crippen LogP contribution is 2.26. The van der Waals surface area contributed by atoms with Crippen LogP contribution in [-0.4, -0.2) is 11.8 Å². The molecule has 0 radical (unpaired) electrons. The molecule has 0 spiro atoms. The van der Waals surface area contributed by atoms with Crippen molar-refractivity contribution in [3.8, 4) is 0 Å². The lowest BCUT2D eigenvalue weighted by molar-refractivity contribution is -0.113. The fourth-order valence-electron chi connectivity index (χ4n) is 1.72. The number of rotatable bonds is 2. The van der Waals surface area contributed by atoms with Gasteiger partial charge in [-0.1, -0.05) is 36.4 Å². The fraction of sp³-hybridized carbons (Fsp3) is 0.154. The highest BCUT2D eigenvalue weighted by atomic mass is 35.5. The predicted molar refractivity (Wildman–Crippen MR) is 68.0 cm³/mol. The minimum Gasteiger partial charge on any atom is -0.324 e. The molecule has 82 valence electrons. The first-order valence-corrected chi connectivity index (χ1v) is 5.60. The van der Waals surface area contributed by atoms with Crippen LogP contribution in [0.15, 0.2) is 36.4 Å². The maximum atomic E-state index is 11.3. The van der Waals surface area contributed by atoms with E-state index in [9.17, 15) is 4.79 Å². The summed E-state index contributed by atoms with van der Waals surface area (Å²) in [5.41, 5.74) is 1.89. The molecular weight excluding hydrogens is 222 g/mol. The molecule has 2 nitrogen and oxygen atoms in total. The number of carbonyl (C=O) groups is 1. The number of aryl methyl sites for hydroxylation is 1. The van der Waals surface area contributed by atoms with Gasteiger partial charge < -0.3 is 5.32 Å². The number of amides is 1. The molecule has 1 N–H and O–H groups in total. The van der Waals surface area contributed by atoms with Gasteiger partial charge in [0.15, 0.2) is 0 Å². The first kappa shape index (κ1) is 11.0. The molecule has 0 heterocycles. The minimum atomic E-state index is -0.180. The number of nitrogens with one attached hydrogen (secondary N) is 1. The molecule has 0 aliphatic heterocycles. The van der Waals surface area contributed by atoms with Crippen molar-refractivity contribution in [3.63, 3.8) is 0 Å². The number of carbonyl (C=O) groups excluding carboxylic acids is 1. The van der Waals surface area contributed by atoms with Crippen LogP contribution in [0.25, 0.3) is 10.8 Å². The average Bonchev–Trinajstić information content (AvgIpc) is 2.32. The van der Waals surface area contributed by atoms with Crippen LogP contribution in [0.5, 0.6) is 0 Å². The maximum absolute atomic E-state index is 11.3. The standard InChI is InChI=1S/C13H12ClNO/c1-9-6-7-10-4-2-3-5-11(10)13(9)15-12(16)8-14/h2-7H,8H2,1H3,(H,15,16). The molecule has 16 heavy (non-hydrogen) atoms. The molecule has 0 aliphatic carbocycles. The summed E-state index contributed by atoms with van der Waals surface area (Å²) in [6.45, 7) is 1.97. The molecule has 0 fully saturated rings. The lowest BCUT2D eigenvalue weighted by atomic mass is 10.0. The SMILES string of the molecule is Cc1ccc2ccccc2c1NC(=O)CCl. The number of hydrogen-bond acceptors (Lipinski definition) is 1. The van der Waals surface area contributed by atoms with E-state index in [0.29, 0.717) is 0 Å². The molecule has 2 aromatic rings. The van der Waals surface area contributed by atoms with Gasteiger partial charge >= 0.3 is 0 Å². The third kappa shape index (κ3) is 2.02. The van der Waals surface area contributed by atoms with Crippen molar-refractivity contribution in [1.29, 1.82) is 0 Å². The molecule has 0 atom stereocenters. The second-order valence-electron chi connectivity index (χ2n) is 3.66. The van der Waals surface area contributed by atoms with Gasteiger partial charge in [-0.25, -0.2) is 0 Å². The Morgan fingerprint density at radius 1 is 1.25 bits per heavy atom. The third-order valence-corrected chi connectivity index (χ3v) is 2.77. The number of fused-ring (bicyclic) bond motifs is 1. The van der Waals surface area contributed by atoms with E-state index in [1.807, 2.05) is 43.3 Å². The van der Waals surface area contributed by atoms with E-state index >= 15 is 0 Å². The number of anilines is 1. The van der Waals surface area contributed by atoms with E-state index in [2.05, 4.69) is 5.32 Å². The second kappa shape index (κ2) is 4.54. The summed E-state index contributed by atoms with van der Waals surface area (Å²) in [4.78, 5) is 11.3. The lowest BCUT2D eigenvalue weighted by Gasteiger charge is -2.10. The maximum Gasteiger partial charge on any atom is 0.239 e. The van der Waals surface area contributed by atoms with Crippen LogP contribution in [0, 0.1) is 6.92 Å². The molecule has 2 rings (SSSR count). The van der Waals surface area contributed by atoms with Gasteiger partial charge in [0.25, 0.3) is 0 Å². The zero-order valence-corrected chi connectivity index (χ0v) is 9.71. The first-order chi connectivity index (χ1) is 7.72. The number of benzene rings is 2. The van der Waals surface area contributed by atoms with Crippen molar-refractivity contribution < 1.29 is 4.79 Å². The Hall–Kier alpha value is -1.54. The topological polar surface area (TPSA) is 29.1 Å². The predicted octanol–water partition coefficient (Wildman–Crippen LogP) is 3.33. The molecule has 3 heteroatoms. The average molecular weight is 234 g/mol. The molecule has 0 saturated heterocycles. The Balaban J connectivity index is 2.57. The van der Waals surface area contributed by atoms with E-state index in [4.69, 9.17) is 11.6 Å². The monoisotopic (exact) mass is 233 g/mol. The number of hydrogen-bond donors (Lipinski definition) is 1. The molecular formula is C13H12ClNO. The number of alkyl halides is 1. The van der Waals surface area contributed by atoms with Crippen molar-refractivity contribution in [2.45, 2.75) is 6.92 Å². The highest BCUT2D eigenvalue weighted by molar-refractivity contribution is 6.29. The molecule has 1 amide bonds. The normalized spacial score (nSPS) is 10.4. The Morgan fingerprint density at radius 2 is 2.00 bits per heavy atom. The van der Waals surface area contributed by atoms with Crippen LogP contribution in [-0.2, 0) is 4.79 Å². The summed E-state index contributed by atoms with van der Waals surface area (Å²) in [6, 6.07) is 12.0. The first-order valence-electron chi connectivity index (χ1n) is 5.06. The molecule has 0 aliphatic rings. The van der Waals surface area contributed by atoms with Gasteiger partial charge in [-0.15, -0.1) is 11.6 Å². The summed E-state index contributed by atoms with van der Waals surface area (Å²) in [6.07, 6.45) is 0. The third-order valence-electron chi connectivity index (χ3n) is 2.52.